The topological polar surface area (TPSA) is 133 Å². The monoisotopic (exact) mass is 576 g/mol. The minimum atomic E-state index is -5.06. The highest BCUT2D eigenvalue weighted by molar-refractivity contribution is 5.96. The second-order valence-corrected chi connectivity index (χ2v) is 9.41. The molecule has 0 saturated carbocycles. The van der Waals surface area contributed by atoms with Crippen LogP contribution in [0, 0.1) is 18.6 Å². The molecule has 1 atom stereocenters. The molecule has 5 rings (SSSR count). The second kappa shape index (κ2) is 11.2. The normalized spacial score (nSPS) is 16.0. The van der Waals surface area contributed by atoms with E-state index >= 15 is 4.39 Å². The number of ether oxygens (including phenoxy) is 2. The maximum absolute atomic E-state index is 16.3. The highest BCUT2D eigenvalue weighted by Crippen LogP contribution is 2.44. The molecule has 3 aromatic heterocycles. The van der Waals surface area contributed by atoms with E-state index in [1.165, 1.54) is 18.7 Å². The summed E-state index contributed by atoms with van der Waals surface area (Å²) in [6.45, 7) is 4.05. The van der Waals surface area contributed by atoms with Crippen molar-refractivity contribution >= 4 is 22.4 Å². The molecule has 1 aliphatic rings. The Hall–Kier alpha value is -4.40. The number of hydrogen-bond acceptors (Lipinski definition) is 10. The van der Waals surface area contributed by atoms with Crippen LogP contribution >= 0.6 is 0 Å². The van der Waals surface area contributed by atoms with Gasteiger partial charge in [-0.05, 0) is 38.4 Å². The number of nitrogen functional groups attached to an aromatic ring is 1. The number of aromatic nitrogens is 5. The van der Waals surface area contributed by atoms with Gasteiger partial charge in [0.15, 0.2) is 5.82 Å². The van der Waals surface area contributed by atoms with Crippen LogP contribution in [0.2, 0.25) is 0 Å². The van der Waals surface area contributed by atoms with Crippen molar-refractivity contribution < 1.29 is 31.4 Å². The first kappa shape index (κ1) is 28.1. The van der Waals surface area contributed by atoms with E-state index in [-0.39, 0.29) is 29.7 Å². The maximum atomic E-state index is 16.3. The lowest BCUT2D eigenvalue weighted by Crippen LogP contribution is -2.26. The zero-order valence-corrected chi connectivity index (χ0v) is 21.9. The highest BCUT2D eigenvalue weighted by Gasteiger charge is 2.39. The van der Waals surface area contributed by atoms with Gasteiger partial charge in [-0.25, -0.2) is 23.7 Å². The molecular weight excluding hydrogens is 551 g/mol. The van der Waals surface area contributed by atoms with Crippen LogP contribution in [0.15, 0.2) is 24.8 Å². The van der Waals surface area contributed by atoms with Gasteiger partial charge in [-0.1, -0.05) is 0 Å². The van der Waals surface area contributed by atoms with Crippen molar-refractivity contribution in [2.45, 2.75) is 39.2 Å². The van der Waals surface area contributed by atoms with Gasteiger partial charge < -0.3 is 25.8 Å². The fourth-order valence-electron chi connectivity index (χ4n) is 4.45. The lowest BCUT2D eigenvalue weighted by Gasteiger charge is -2.21. The van der Waals surface area contributed by atoms with E-state index in [9.17, 15) is 17.6 Å². The Morgan fingerprint density at radius 3 is 2.56 bits per heavy atom. The number of nitrogens with one attached hydrogen (secondary N) is 2. The molecule has 1 unspecified atom stereocenters. The minimum Gasteiger partial charge on any atom is -0.474 e. The van der Waals surface area contributed by atoms with Crippen LogP contribution in [0.25, 0.3) is 22.2 Å². The van der Waals surface area contributed by atoms with Crippen LogP contribution in [-0.2, 0) is 12.8 Å². The van der Waals surface area contributed by atoms with Crippen molar-refractivity contribution in [2.75, 3.05) is 30.7 Å². The molecule has 0 fully saturated rings. The number of nitrogens with zero attached hydrogens (tertiary/aromatic N) is 5. The van der Waals surface area contributed by atoms with Gasteiger partial charge in [0.25, 0.3) is 0 Å². The molecule has 0 spiro atoms. The molecule has 15 heteroatoms. The van der Waals surface area contributed by atoms with Gasteiger partial charge in [0.2, 0.25) is 5.88 Å². The summed E-state index contributed by atoms with van der Waals surface area (Å²) < 4.78 is 85.1. The standard InChI is InChI=1S/C26H25F5N8O2/c1-12-3-4-33-5-6-36-23-17-22(38-25(39-23)40-10-14-8-34-11-35-9-14)20(28)21(37-24(17)41-12)15-7-16(32)19(27)13(2)18(15)26(29,30)31/h7-9,11-12,33H,3-6,10,32H2,1-2H3,(H,36,38,39). The van der Waals surface area contributed by atoms with E-state index in [0.29, 0.717) is 37.7 Å². The van der Waals surface area contributed by atoms with Gasteiger partial charge in [0, 0.05) is 36.6 Å². The van der Waals surface area contributed by atoms with E-state index in [1.807, 2.05) is 0 Å². The van der Waals surface area contributed by atoms with Crippen LogP contribution in [0.5, 0.6) is 11.9 Å². The minimum absolute atomic E-state index is 0.00996. The van der Waals surface area contributed by atoms with Crippen LogP contribution in [-0.4, -0.2) is 50.7 Å². The summed E-state index contributed by atoms with van der Waals surface area (Å²) in [5, 5.41) is 6.31. The van der Waals surface area contributed by atoms with Crippen molar-refractivity contribution in [1.82, 2.24) is 30.2 Å². The molecule has 4 heterocycles. The fourth-order valence-corrected chi connectivity index (χ4v) is 4.45. The maximum Gasteiger partial charge on any atom is 0.417 e. The average molecular weight is 577 g/mol. The Labute approximate surface area is 230 Å². The zero-order chi connectivity index (χ0) is 29.3. The molecule has 216 valence electrons. The van der Waals surface area contributed by atoms with Crippen molar-refractivity contribution in [3.63, 3.8) is 0 Å². The first-order valence-corrected chi connectivity index (χ1v) is 12.6. The summed E-state index contributed by atoms with van der Waals surface area (Å²) in [5.74, 6) is -2.58. The average Bonchev–Trinajstić information content (AvgIpc) is 2.96. The van der Waals surface area contributed by atoms with Gasteiger partial charge in [0.05, 0.1) is 17.4 Å². The molecule has 1 aliphatic heterocycles. The Kier molecular flexibility index (Phi) is 7.71. The number of nitrogens with two attached hydrogens (primary N) is 1. The third-order valence-corrected chi connectivity index (χ3v) is 6.41. The summed E-state index contributed by atoms with van der Waals surface area (Å²) in [7, 11) is 0. The van der Waals surface area contributed by atoms with E-state index in [4.69, 9.17) is 15.2 Å². The number of rotatable bonds is 4. The molecule has 4 N–H and O–H groups in total. The molecular formula is C26H25F5N8O2. The lowest BCUT2D eigenvalue weighted by atomic mass is 9.96. The molecule has 41 heavy (non-hydrogen) atoms. The molecule has 0 saturated heterocycles. The third kappa shape index (κ3) is 5.75. The third-order valence-electron chi connectivity index (χ3n) is 6.41. The van der Waals surface area contributed by atoms with Crippen molar-refractivity contribution in [3.8, 4) is 23.1 Å². The molecule has 1 aromatic carbocycles. The van der Waals surface area contributed by atoms with Gasteiger partial charge in [-0.15, -0.1) is 0 Å². The SMILES string of the molecule is Cc1c(F)c(N)cc(-c2nc3c4c(nc(OCc5cncnc5)nc4c2F)NCCNCCC(C)O3)c1C(F)(F)F. The molecule has 0 amide bonds. The largest absolute Gasteiger partial charge is 0.474 e. The molecule has 0 radical (unpaired) electrons. The molecule has 4 aromatic rings. The molecule has 10 nitrogen and oxygen atoms in total. The van der Waals surface area contributed by atoms with E-state index in [0.717, 1.165) is 6.92 Å². The van der Waals surface area contributed by atoms with Crippen LogP contribution < -0.4 is 25.8 Å². The van der Waals surface area contributed by atoms with Crippen molar-refractivity contribution in [3.05, 3.63) is 53.1 Å². The second-order valence-electron chi connectivity index (χ2n) is 9.41. The number of benzene rings is 1. The van der Waals surface area contributed by atoms with Crippen LogP contribution in [0.4, 0.5) is 33.5 Å². The first-order valence-electron chi connectivity index (χ1n) is 12.6. The van der Waals surface area contributed by atoms with E-state index < -0.39 is 57.5 Å². The van der Waals surface area contributed by atoms with Crippen molar-refractivity contribution in [2.24, 2.45) is 0 Å². The number of alkyl halides is 3. The van der Waals surface area contributed by atoms with E-state index in [1.54, 1.807) is 6.92 Å². The quantitative estimate of drug-likeness (QED) is 0.237. The van der Waals surface area contributed by atoms with Gasteiger partial charge in [-0.2, -0.15) is 23.1 Å². The van der Waals surface area contributed by atoms with Crippen LogP contribution in [0.3, 0.4) is 0 Å². The highest BCUT2D eigenvalue weighted by atomic mass is 19.4. The van der Waals surface area contributed by atoms with Crippen molar-refractivity contribution in [1.29, 1.82) is 0 Å². The predicted octanol–water partition coefficient (Wildman–Crippen LogP) is 4.42. The van der Waals surface area contributed by atoms with Gasteiger partial charge in [0.1, 0.15) is 41.2 Å². The Bertz CT molecular complexity index is 1590. The summed E-state index contributed by atoms with van der Waals surface area (Å²) in [6, 6.07) is 0.438. The number of anilines is 2. The Balaban J connectivity index is 1.77. The van der Waals surface area contributed by atoms with Gasteiger partial charge in [-0.3, -0.25) is 0 Å². The lowest BCUT2D eigenvalue weighted by molar-refractivity contribution is -0.137. The Morgan fingerprint density at radius 2 is 1.83 bits per heavy atom. The summed E-state index contributed by atoms with van der Waals surface area (Å²) in [6.07, 6.45) is -0.666. The fraction of sp³-hybridized carbons (Fsp3) is 0.346. The van der Waals surface area contributed by atoms with Gasteiger partial charge >= 0.3 is 12.2 Å². The van der Waals surface area contributed by atoms with Crippen LogP contribution in [0.1, 0.15) is 30.0 Å². The molecule has 0 aliphatic carbocycles. The summed E-state index contributed by atoms with van der Waals surface area (Å²) in [5.41, 5.74) is 1.53. The summed E-state index contributed by atoms with van der Waals surface area (Å²) >= 11 is 0. The van der Waals surface area contributed by atoms with E-state index in [2.05, 4.69) is 35.6 Å². The molecule has 0 bridgehead atoms. The first-order chi connectivity index (χ1) is 19.5. The predicted molar refractivity (Wildman–Crippen MR) is 139 cm³/mol. The zero-order valence-electron chi connectivity index (χ0n) is 21.9. The number of hydrogen-bond donors (Lipinski definition) is 3. The Morgan fingerprint density at radius 1 is 1.07 bits per heavy atom. The number of pyridine rings is 1. The summed E-state index contributed by atoms with van der Waals surface area (Å²) in [4.78, 5) is 20.6. The number of halogens is 5. The smallest absolute Gasteiger partial charge is 0.417 e.